The fourth-order valence-electron chi connectivity index (χ4n) is 1.54. The predicted molar refractivity (Wildman–Crippen MR) is 74.2 cm³/mol. The minimum absolute atomic E-state index is 0.383. The van der Waals surface area contributed by atoms with Crippen LogP contribution in [0.5, 0.6) is 5.88 Å². The summed E-state index contributed by atoms with van der Waals surface area (Å²) in [6.07, 6.45) is 3.44. The van der Waals surface area contributed by atoms with Gasteiger partial charge in [0.15, 0.2) is 0 Å². The molecule has 0 aliphatic carbocycles. The van der Waals surface area contributed by atoms with Crippen molar-refractivity contribution in [2.45, 2.75) is 32.4 Å². The van der Waals surface area contributed by atoms with Crippen molar-refractivity contribution in [2.24, 2.45) is 0 Å². The monoisotopic (exact) mass is 268 g/mol. The maximum atomic E-state index is 9.69. The molecule has 1 aromatic heterocycles. The number of ether oxygens (including phenoxy) is 2. The molecule has 0 bridgehead atoms. The molecule has 1 aromatic rings. The molecule has 0 spiro atoms. The van der Waals surface area contributed by atoms with Gasteiger partial charge in [-0.25, -0.2) is 4.98 Å². The summed E-state index contributed by atoms with van der Waals surface area (Å²) in [5.41, 5.74) is 1.06. The van der Waals surface area contributed by atoms with Crippen LogP contribution in [0.3, 0.4) is 0 Å². The number of methoxy groups -OCH3 is 1. The van der Waals surface area contributed by atoms with E-state index in [2.05, 4.69) is 17.2 Å². The van der Waals surface area contributed by atoms with Gasteiger partial charge in [0.2, 0.25) is 5.88 Å². The number of rotatable bonds is 10. The molecule has 0 saturated carbocycles. The summed E-state index contributed by atoms with van der Waals surface area (Å²) in [5, 5.41) is 12.9. The Hall–Kier alpha value is -1.17. The van der Waals surface area contributed by atoms with Gasteiger partial charge in [-0.15, -0.1) is 0 Å². The highest BCUT2D eigenvalue weighted by atomic mass is 16.5. The second-order valence-corrected chi connectivity index (χ2v) is 4.42. The van der Waals surface area contributed by atoms with Crippen molar-refractivity contribution in [1.82, 2.24) is 10.3 Å². The van der Waals surface area contributed by atoms with Crippen molar-refractivity contribution in [1.29, 1.82) is 0 Å². The van der Waals surface area contributed by atoms with Gasteiger partial charge in [0.25, 0.3) is 0 Å². The molecular weight excluding hydrogens is 244 g/mol. The molecule has 0 fully saturated rings. The van der Waals surface area contributed by atoms with Crippen LogP contribution in [0.2, 0.25) is 0 Å². The van der Waals surface area contributed by atoms with Gasteiger partial charge in [-0.2, -0.15) is 0 Å². The fraction of sp³-hybridized carbons (Fsp3) is 0.643. The predicted octanol–water partition coefficient (Wildman–Crippen LogP) is 1.36. The first-order valence-electron chi connectivity index (χ1n) is 6.71. The Morgan fingerprint density at radius 3 is 2.89 bits per heavy atom. The molecule has 1 rings (SSSR count). The maximum absolute atomic E-state index is 9.69. The molecule has 0 aliphatic rings. The minimum Gasteiger partial charge on any atom is -0.481 e. The van der Waals surface area contributed by atoms with Crippen molar-refractivity contribution in [3.63, 3.8) is 0 Å². The van der Waals surface area contributed by atoms with Crippen molar-refractivity contribution < 1.29 is 14.6 Å². The van der Waals surface area contributed by atoms with Gasteiger partial charge < -0.3 is 19.9 Å². The summed E-state index contributed by atoms with van der Waals surface area (Å²) >= 11 is 0. The second-order valence-electron chi connectivity index (χ2n) is 4.42. The lowest BCUT2D eigenvalue weighted by molar-refractivity contribution is 0.0358. The number of aliphatic hydroxyl groups is 1. The van der Waals surface area contributed by atoms with E-state index in [1.165, 1.54) is 0 Å². The number of hydrogen-bond donors (Lipinski definition) is 2. The quantitative estimate of drug-likeness (QED) is 0.627. The summed E-state index contributed by atoms with van der Waals surface area (Å²) in [6.45, 7) is 4.40. The van der Waals surface area contributed by atoms with Gasteiger partial charge in [0.05, 0.1) is 19.8 Å². The highest BCUT2D eigenvalue weighted by Crippen LogP contribution is 2.06. The zero-order valence-corrected chi connectivity index (χ0v) is 11.8. The number of aromatic nitrogens is 1. The molecule has 1 unspecified atom stereocenters. The third-order valence-electron chi connectivity index (χ3n) is 2.67. The van der Waals surface area contributed by atoms with Crippen molar-refractivity contribution >= 4 is 0 Å². The Bertz CT molecular complexity index is 330. The lowest BCUT2D eigenvalue weighted by Crippen LogP contribution is -2.30. The molecule has 0 amide bonds. The van der Waals surface area contributed by atoms with Crippen LogP contribution in [0, 0.1) is 0 Å². The highest BCUT2D eigenvalue weighted by molar-refractivity contribution is 5.17. The van der Waals surface area contributed by atoms with E-state index >= 15 is 0 Å². The van der Waals surface area contributed by atoms with E-state index in [0.717, 1.165) is 25.0 Å². The van der Waals surface area contributed by atoms with Gasteiger partial charge in [-0.05, 0) is 12.0 Å². The van der Waals surface area contributed by atoms with Gasteiger partial charge in [-0.3, -0.25) is 0 Å². The standard InChI is InChI=1S/C14H24N2O3/c1-3-4-7-19-11-13(17)10-15-8-12-5-6-14(18-2)16-9-12/h5-6,9,13,15,17H,3-4,7-8,10-11H2,1-2H3. The fourth-order valence-corrected chi connectivity index (χ4v) is 1.54. The number of nitrogens with one attached hydrogen (secondary N) is 1. The molecule has 1 atom stereocenters. The van der Waals surface area contributed by atoms with Crippen molar-refractivity contribution in [3.8, 4) is 5.88 Å². The smallest absolute Gasteiger partial charge is 0.212 e. The SMILES string of the molecule is CCCCOCC(O)CNCc1ccc(OC)nc1. The Labute approximate surface area is 115 Å². The molecule has 0 aromatic carbocycles. The Balaban J connectivity index is 2.11. The number of hydrogen-bond acceptors (Lipinski definition) is 5. The largest absolute Gasteiger partial charge is 0.481 e. The molecule has 1 heterocycles. The number of nitrogens with zero attached hydrogens (tertiary/aromatic N) is 1. The lowest BCUT2D eigenvalue weighted by atomic mass is 10.2. The second kappa shape index (κ2) is 9.72. The Morgan fingerprint density at radius 1 is 1.42 bits per heavy atom. The van der Waals surface area contributed by atoms with Gasteiger partial charge in [0, 0.05) is 32.0 Å². The molecule has 5 nitrogen and oxygen atoms in total. The zero-order chi connectivity index (χ0) is 13.9. The van der Waals surface area contributed by atoms with Gasteiger partial charge in [-0.1, -0.05) is 19.4 Å². The van der Waals surface area contributed by atoms with Crippen molar-refractivity contribution in [3.05, 3.63) is 23.9 Å². The molecule has 2 N–H and O–H groups in total. The summed E-state index contributed by atoms with van der Waals surface area (Å²) in [7, 11) is 1.59. The van der Waals surface area contributed by atoms with Crippen molar-refractivity contribution in [2.75, 3.05) is 26.9 Å². The minimum atomic E-state index is -0.469. The lowest BCUT2D eigenvalue weighted by Gasteiger charge is -2.12. The van der Waals surface area contributed by atoms with Crippen LogP contribution in [0.4, 0.5) is 0 Å². The Kier molecular flexibility index (Phi) is 8.13. The van der Waals surface area contributed by atoms with Gasteiger partial charge in [0.1, 0.15) is 0 Å². The van der Waals surface area contributed by atoms with E-state index in [-0.39, 0.29) is 0 Å². The van der Waals surface area contributed by atoms with E-state index in [1.807, 2.05) is 12.1 Å². The maximum Gasteiger partial charge on any atom is 0.212 e. The van der Waals surface area contributed by atoms with Crippen LogP contribution in [0.15, 0.2) is 18.3 Å². The number of unbranched alkanes of at least 4 members (excludes halogenated alkanes) is 1. The van der Waals surface area contributed by atoms with E-state index in [1.54, 1.807) is 13.3 Å². The summed E-state index contributed by atoms with van der Waals surface area (Å²) < 4.78 is 10.3. The average molecular weight is 268 g/mol. The third kappa shape index (κ3) is 7.10. The van der Waals surface area contributed by atoms with E-state index in [0.29, 0.717) is 25.6 Å². The first-order valence-corrected chi connectivity index (χ1v) is 6.71. The molecule has 19 heavy (non-hydrogen) atoms. The molecule has 0 radical (unpaired) electrons. The molecular formula is C14H24N2O3. The van der Waals surface area contributed by atoms with Crippen LogP contribution in [0.25, 0.3) is 0 Å². The third-order valence-corrected chi connectivity index (χ3v) is 2.67. The zero-order valence-electron chi connectivity index (χ0n) is 11.8. The van der Waals surface area contributed by atoms with Crippen LogP contribution in [-0.4, -0.2) is 43.1 Å². The normalized spacial score (nSPS) is 12.4. The summed E-state index contributed by atoms with van der Waals surface area (Å²) in [4.78, 5) is 4.12. The van der Waals surface area contributed by atoms with Gasteiger partial charge >= 0.3 is 0 Å². The Morgan fingerprint density at radius 2 is 2.26 bits per heavy atom. The van der Waals surface area contributed by atoms with Crippen LogP contribution >= 0.6 is 0 Å². The first-order chi connectivity index (χ1) is 9.26. The number of aliphatic hydroxyl groups excluding tert-OH is 1. The average Bonchev–Trinajstić information content (AvgIpc) is 2.44. The van der Waals surface area contributed by atoms with E-state index in [4.69, 9.17) is 9.47 Å². The van der Waals surface area contributed by atoms with Crippen LogP contribution < -0.4 is 10.1 Å². The highest BCUT2D eigenvalue weighted by Gasteiger charge is 2.03. The number of pyridine rings is 1. The molecule has 5 heteroatoms. The topological polar surface area (TPSA) is 63.6 Å². The molecule has 0 aliphatic heterocycles. The van der Waals surface area contributed by atoms with E-state index < -0.39 is 6.10 Å². The first kappa shape index (κ1) is 15.9. The van der Waals surface area contributed by atoms with Crippen LogP contribution in [-0.2, 0) is 11.3 Å². The molecule has 0 saturated heterocycles. The van der Waals surface area contributed by atoms with Crippen LogP contribution in [0.1, 0.15) is 25.3 Å². The van der Waals surface area contributed by atoms with E-state index in [9.17, 15) is 5.11 Å². The summed E-state index contributed by atoms with van der Waals surface area (Å²) in [6, 6.07) is 3.77. The molecule has 108 valence electrons. The summed E-state index contributed by atoms with van der Waals surface area (Å²) in [5.74, 6) is 0.605.